The van der Waals surface area contributed by atoms with Crippen LogP contribution in [0.3, 0.4) is 0 Å². The molecule has 0 atom stereocenters. The summed E-state index contributed by atoms with van der Waals surface area (Å²) in [5, 5.41) is 0. The van der Waals surface area contributed by atoms with Gasteiger partial charge >= 0.3 is 5.97 Å². The van der Waals surface area contributed by atoms with Crippen molar-refractivity contribution in [2.24, 2.45) is 0 Å². The minimum absolute atomic E-state index is 0.0188. The Bertz CT molecular complexity index is 1340. The molecule has 0 amide bonds. The lowest BCUT2D eigenvalue weighted by Gasteiger charge is -2.23. The summed E-state index contributed by atoms with van der Waals surface area (Å²) >= 11 is 0. The van der Waals surface area contributed by atoms with Crippen LogP contribution in [0.15, 0.2) is 48.5 Å². The molecule has 0 radical (unpaired) electrons. The van der Waals surface area contributed by atoms with Gasteiger partial charge in [0.15, 0.2) is 0 Å². The summed E-state index contributed by atoms with van der Waals surface area (Å²) in [6.45, 7) is 4.06. The van der Waals surface area contributed by atoms with E-state index in [2.05, 4.69) is 0 Å². The average Bonchev–Trinajstić information content (AvgIpc) is 2.95. The third kappa shape index (κ3) is 4.28. The first-order chi connectivity index (χ1) is 15.6. The van der Waals surface area contributed by atoms with Crippen LogP contribution in [0.1, 0.15) is 46.9 Å². The van der Waals surface area contributed by atoms with Gasteiger partial charge in [-0.1, -0.05) is 50.2 Å². The summed E-state index contributed by atoms with van der Waals surface area (Å²) in [6, 6.07) is 13.3. The Balaban J connectivity index is 2.18. The summed E-state index contributed by atoms with van der Waals surface area (Å²) in [7, 11) is -2.28. The van der Waals surface area contributed by atoms with Gasteiger partial charge in [0.1, 0.15) is 5.82 Å². The van der Waals surface area contributed by atoms with Gasteiger partial charge in [-0.25, -0.2) is 17.6 Å². The second-order valence-electron chi connectivity index (χ2n) is 8.42. The lowest BCUT2D eigenvalue weighted by molar-refractivity contribution is 0.0599. The molecule has 1 aliphatic rings. The van der Waals surface area contributed by atoms with E-state index in [1.165, 1.54) is 23.5 Å². The minimum atomic E-state index is -3.58. The molecule has 0 N–H and O–H groups in total. The largest absolute Gasteiger partial charge is 0.465 e. The molecule has 0 bridgehead atoms. The zero-order valence-electron chi connectivity index (χ0n) is 18.9. The van der Waals surface area contributed by atoms with Crippen LogP contribution >= 0.6 is 0 Å². The van der Waals surface area contributed by atoms with Crippen LogP contribution in [0.4, 0.5) is 4.39 Å². The maximum atomic E-state index is 13.8. The van der Waals surface area contributed by atoms with E-state index in [9.17, 15) is 17.6 Å². The number of benzene rings is 2. The number of esters is 1. The highest BCUT2D eigenvalue weighted by Gasteiger charge is 2.33. The molecule has 4 rings (SSSR count). The molecule has 172 valence electrons. The zero-order chi connectivity index (χ0) is 23.9. The molecule has 1 aromatic heterocycles. The van der Waals surface area contributed by atoms with Gasteiger partial charge in [0.2, 0.25) is 10.0 Å². The molecule has 0 saturated heterocycles. The number of fused-ring (bicyclic) bond motifs is 3. The monoisotopic (exact) mass is 468 g/mol. The van der Waals surface area contributed by atoms with Gasteiger partial charge in [0, 0.05) is 29.8 Å². The fourth-order valence-corrected chi connectivity index (χ4v) is 4.96. The SMILES string of the molecule is COC(=O)c1c(C(C)C)nc2c(c1-c1ccc(F)cc1)CN(S(C)(=O)=O)Cc1ccccc1-2. The highest BCUT2D eigenvalue weighted by atomic mass is 32.2. The highest BCUT2D eigenvalue weighted by molar-refractivity contribution is 7.88. The minimum Gasteiger partial charge on any atom is -0.465 e. The average molecular weight is 469 g/mol. The Hall–Kier alpha value is -3.10. The molecule has 0 spiro atoms. The van der Waals surface area contributed by atoms with Gasteiger partial charge in [-0.15, -0.1) is 0 Å². The van der Waals surface area contributed by atoms with Gasteiger partial charge in [0.25, 0.3) is 0 Å². The Morgan fingerprint density at radius 3 is 2.36 bits per heavy atom. The van der Waals surface area contributed by atoms with Gasteiger partial charge in [-0.2, -0.15) is 4.31 Å². The molecule has 0 saturated carbocycles. The number of hydrogen-bond acceptors (Lipinski definition) is 5. The van der Waals surface area contributed by atoms with Gasteiger partial charge in [-0.05, 0) is 29.2 Å². The van der Waals surface area contributed by atoms with Gasteiger partial charge in [0.05, 0.1) is 30.3 Å². The van der Waals surface area contributed by atoms with Crippen molar-refractivity contribution in [3.05, 3.63) is 76.7 Å². The van der Waals surface area contributed by atoms with Crippen LogP contribution in [-0.4, -0.2) is 37.0 Å². The molecular formula is C25H25FN2O4S. The fraction of sp³-hybridized carbons (Fsp3) is 0.280. The number of rotatable bonds is 4. The van der Waals surface area contributed by atoms with Crippen molar-refractivity contribution in [1.29, 1.82) is 0 Å². The first kappa shape index (κ1) is 23.1. The first-order valence-corrected chi connectivity index (χ1v) is 12.4. The van der Waals surface area contributed by atoms with Crippen LogP contribution in [-0.2, 0) is 27.8 Å². The molecule has 2 aromatic carbocycles. The van der Waals surface area contributed by atoms with E-state index in [0.717, 1.165) is 17.4 Å². The Kier molecular flexibility index (Phi) is 6.07. The predicted octanol–water partition coefficient (Wildman–Crippen LogP) is 4.74. The molecule has 2 heterocycles. The van der Waals surface area contributed by atoms with Crippen LogP contribution in [0.5, 0.6) is 0 Å². The van der Waals surface area contributed by atoms with E-state index in [1.54, 1.807) is 12.1 Å². The maximum absolute atomic E-state index is 13.8. The number of pyridine rings is 1. The number of carbonyl (C=O) groups excluding carboxylic acids is 1. The third-order valence-electron chi connectivity index (χ3n) is 5.82. The smallest absolute Gasteiger partial charge is 0.340 e. The van der Waals surface area contributed by atoms with Crippen LogP contribution < -0.4 is 0 Å². The molecule has 0 fully saturated rings. The number of ether oxygens (including phenoxy) is 1. The number of nitrogens with zero attached hydrogens (tertiary/aromatic N) is 2. The predicted molar refractivity (Wildman–Crippen MR) is 125 cm³/mol. The van der Waals surface area contributed by atoms with E-state index in [4.69, 9.17) is 9.72 Å². The number of carbonyl (C=O) groups is 1. The Labute approximate surface area is 193 Å². The van der Waals surface area contributed by atoms with Crippen molar-refractivity contribution >= 4 is 16.0 Å². The molecule has 6 nitrogen and oxygen atoms in total. The van der Waals surface area contributed by atoms with Crippen molar-refractivity contribution in [3.63, 3.8) is 0 Å². The Morgan fingerprint density at radius 2 is 1.76 bits per heavy atom. The second-order valence-corrected chi connectivity index (χ2v) is 10.4. The van der Waals surface area contributed by atoms with Crippen molar-refractivity contribution in [2.45, 2.75) is 32.9 Å². The summed E-state index contributed by atoms with van der Waals surface area (Å²) in [5.41, 5.74) is 4.74. The normalized spacial score (nSPS) is 13.9. The van der Waals surface area contributed by atoms with Gasteiger partial charge in [-0.3, -0.25) is 4.98 Å². The molecule has 8 heteroatoms. The molecular weight excluding hydrogens is 443 g/mol. The molecule has 1 aliphatic heterocycles. The number of methoxy groups -OCH3 is 1. The summed E-state index contributed by atoms with van der Waals surface area (Å²) in [4.78, 5) is 17.9. The molecule has 0 unspecified atom stereocenters. The first-order valence-electron chi connectivity index (χ1n) is 10.6. The summed E-state index contributed by atoms with van der Waals surface area (Å²) < 4.78 is 45.6. The van der Waals surface area contributed by atoms with E-state index >= 15 is 0 Å². The van der Waals surface area contributed by atoms with Crippen molar-refractivity contribution in [1.82, 2.24) is 9.29 Å². The summed E-state index contributed by atoms with van der Waals surface area (Å²) in [6.07, 6.45) is 1.16. The third-order valence-corrected chi connectivity index (χ3v) is 7.01. The number of sulfonamides is 1. The molecule has 0 aliphatic carbocycles. The highest BCUT2D eigenvalue weighted by Crippen LogP contribution is 2.42. The van der Waals surface area contributed by atoms with Crippen LogP contribution in [0.25, 0.3) is 22.4 Å². The number of hydrogen-bond donors (Lipinski definition) is 0. The van der Waals surface area contributed by atoms with Crippen LogP contribution in [0.2, 0.25) is 0 Å². The van der Waals surface area contributed by atoms with E-state index in [-0.39, 0.29) is 24.6 Å². The zero-order valence-corrected chi connectivity index (χ0v) is 19.7. The standard InChI is InChI=1S/C25H25FN2O4S/c1-15(2)23-22(25(29)32-3)21(16-9-11-18(26)12-10-16)20-14-28(33(4,30)31)13-17-7-5-6-8-19(17)24(20)27-23/h5-12,15H,13-14H2,1-4H3. The Morgan fingerprint density at radius 1 is 1.09 bits per heavy atom. The number of halogens is 1. The molecule has 3 aromatic rings. The van der Waals surface area contributed by atoms with Crippen LogP contribution in [0, 0.1) is 5.82 Å². The van der Waals surface area contributed by atoms with E-state index in [0.29, 0.717) is 28.1 Å². The van der Waals surface area contributed by atoms with E-state index < -0.39 is 21.8 Å². The fourth-order valence-electron chi connectivity index (χ4n) is 4.23. The lowest BCUT2D eigenvalue weighted by atomic mass is 9.87. The lowest BCUT2D eigenvalue weighted by Crippen LogP contribution is -2.29. The topological polar surface area (TPSA) is 76.6 Å². The van der Waals surface area contributed by atoms with Crippen molar-refractivity contribution in [2.75, 3.05) is 13.4 Å². The van der Waals surface area contributed by atoms with E-state index in [1.807, 2.05) is 38.1 Å². The molecule has 33 heavy (non-hydrogen) atoms. The number of aromatic nitrogens is 1. The second kappa shape index (κ2) is 8.68. The maximum Gasteiger partial charge on any atom is 0.340 e. The van der Waals surface area contributed by atoms with Crippen molar-refractivity contribution in [3.8, 4) is 22.4 Å². The van der Waals surface area contributed by atoms with Gasteiger partial charge < -0.3 is 4.74 Å². The quantitative estimate of drug-likeness (QED) is 0.517. The summed E-state index contributed by atoms with van der Waals surface area (Å²) in [5.74, 6) is -1.10. The van der Waals surface area contributed by atoms with Crippen molar-refractivity contribution < 1.29 is 22.3 Å².